The van der Waals surface area contributed by atoms with Crippen LogP contribution in [0.15, 0.2) is 84.6 Å². The van der Waals surface area contributed by atoms with Crippen molar-refractivity contribution in [3.63, 3.8) is 0 Å². The summed E-state index contributed by atoms with van der Waals surface area (Å²) in [4.78, 5) is 2.20. The standard InChI is InChI=1S/C28H28N2O2/c1-28(2)20-12-6-9-15-23(20)29(3)24(28)16-19-26(31)25(27(19)32)30-21-13-7-4-10-17(21)18-11-5-8-14-22(18)30/h4-16,19,25-27,31-32H,1-3H3. The lowest BCUT2D eigenvalue weighted by molar-refractivity contribution is -0.119. The van der Waals surface area contributed by atoms with Crippen LogP contribution in [0, 0.1) is 5.92 Å². The van der Waals surface area contributed by atoms with Gasteiger partial charge in [0.2, 0.25) is 0 Å². The largest absolute Gasteiger partial charge is 0.390 e. The van der Waals surface area contributed by atoms with E-state index in [0.29, 0.717) is 0 Å². The third-order valence-corrected chi connectivity index (χ3v) is 7.69. The number of benzene rings is 3. The van der Waals surface area contributed by atoms with Gasteiger partial charge in [0, 0.05) is 51.6 Å². The van der Waals surface area contributed by atoms with Crippen LogP contribution in [0.4, 0.5) is 5.69 Å². The van der Waals surface area contributed by atoms with E-state index < -0.39 is 12.2 Å². The van der Waals surface area contributed by atoms with E-state index in [0.717, 1.165) is 27.5 Å². The molecular weight excluding hydrogens is 396 g/mol. The fraction of sp³-hybridized carbons (Fsp3) is 0.286. The van der Waals surface area contributed by atoms with Crippen molar-refractivity contribution < 1.29 is 10.2 Å². The Labute approximate surface area is 188 Å². The van der Waals surface area contributed by atoms with Gasteiger partial charge in [0.05, 0.1) is 18.2 Å². The van der Waals surface area contributed by atoms with E-state index in [4.69, 9.17) is 0 Å². The molecule has 2 N–H and O–H groups in total. The Kier molecular flexibility index (Phi) is 4.11. The molecule has 1 fully saturated rings. The highest BCUT2D eigenvalue weighted by molar-refractivity contribution is 6.08. The number of anilines is 1. The third kappa shape index (κ3) is 2.45. The van der Waals surface area contributed by atoms with Gasteiger partial charge >= 0.3 is 0 Å². The molecule has 162 valence electrons. The molecule has 1 saturated carbocycles. The Balaban J connectivity index is 1.41. The lowest BCUT2D eigenvalue weighted by atomic mass is 9.71. The summed E-state index contributed by atoms with van der Waals surface area (Å²) >= 11 is 0. The van der Waals surface area contributed by atoms with E-state index in [-0.39, 0.29) is 17.4 Å². The molecule has 0 radical (unpaired) electrons. The maximum Gasteiger partial charge on any atom is 0.0874 e. The Hall–Kier alpha value is -3.08. The number of allylic oxidation sites excluding steroid dienone is 1. The first-order chi connectivity index (χ1) is 15.4. The van der Waals surface area contributed by atoms with E-state index in [1.807, 2.05) is 24.3 Å². The van der Waals surface area contributed by atoms with Crippen LogP contribution in [0.3, 0.4) is 0 Å². The molecule has 4 nitrogen and oxygen atoms in total. The summed E-state index contributed by atoms with van der Waals surface area (Å²) in [7, 11) is 2.07. The first-order valence-corrected chi connectivity index (χ1v) is 11.3. The van der Waals surface area contributed by atoms with Crippen molar-refractivity contribution in [3.05, 3.63) is 90.1 Å². The fourth-order valence-electron chi connectivity index (χ4n) is 5.97. The molecule has 0 bridgehead atoms. The quantitative estimate of drug-likeness (QED) is 0.476. The maximum absolute atomic E-state index is 11.3. The van der Waals surface area contributed by atoms with Crippen LogP contribution in [-0.4, -0.2) is 34.0 Å². The van der Waals surface area contributed by atoms with Gasteiger partial charge in [-0.15, -0.1) is 0 Å². The van der Waals surface area contributed by atoms with Gasteiger partial charge in [-0.05, 0) is 23.8 Å². The van der Waals surface area contributed by atoms with Crippen LogP contribution in [0.2, 0.25) is 0 Å². The number of aliphatic hydroxyl groups excluding tert-OH is 2. The number of fused-ring (bicyclic) bond motifs is 4. The summed E-state index contributed by atoms with van der Waals surface area (Å²) in [6, 6.07) is 24.5. The minimum absolute atomic E-state index is 0.178. The molecule has 0 amide bonds. The highest BCUT2D eigenvalue weighted by atomic mass is 16.3. The van der Waals surface area contributed by atoms with Gasteiger partial charge in [0.25, 0.3) is 0 Å². The van der Waals surface area contributed by atoms with E-state index in [2.05, 4.69) is 85.0 Å². The predicted octanol–water partition coefficient (Wildman–Crippen LogP) is 5.00. The minimum Gasteiger partial charge on any atom is -0.390 e. The van der Waals surface area contributed by atoms with Crippen molar-refractivity contribution in [3.8, 4) is 0 Å². The van der Waals surface area contributed by atoms with Gasteiger partial charge < -0.3 is 19.7 Å². The van der Waals surface area contributed by atoms with Gasteiger partial charge in [-0.2, -0.15) is 0 Å². The number of aromatic nitrogens is 1. The first-order valence-electron chi connectivity index (χ1n) is 11.3. The van der Waals surface area contributed by atoms with Gasteiger partial charge in [-0.25, -0.2) is 0 Å². The van der Waals surface area contributed by atoms with Gasteiger partial charge in [-0.1, -0.05) is 74.5 Å². The molecule has 3 aromatic carbocycles. The zero-order chi connectivity index (χ0) is 22.2. The molecule has 6 rings (SSSR count). The summed E-state index contributed by atoms with van der Waals surface area (Å²) in [5.74, 6) is -0.314. The molecule has 0 saturated heterocycles. The summed E-state index contributed by atoms with van der Waals surface area (Å²) in [5, 5.41) is 24.9. The van der Waals surface area contributed by atoms with Crippen LogP contribution >= 0.6 is 0 Å². The second kappa shape index (κ2) is 6.71. The van der Waals surface area contributed by atoms with Gasteiger partial charge in [0.1, 0.15) is 0 Å². The number of para-hydroxylation sites is 3. The van der Waals surface area contributed by atoms with Crippen molar-refractivity contribution in [2.24, 2.45) is 5.92 Å². The molecule has 1 aliphatic heterocycles. The van der Waals surface area contributed by atoms with Crippen LogP contribution in [-0.2, 0) is 5.41 Å². The number of nitrogens with zero attached hydrogens (tertiary/aromatic N) is 2. The molecule has 1 aliphatic carbocycles. The smallest absolute Gasteiger partial charge is 0.0874 e. The Morgan fingerprint density at radius 2 is 1.31 bits per heavy atom. The number of rotatable bonds is 2. The van der Waals surface area contributed by atoms with Gasteiger partial charge in [0.15, 0.2) is 0 Å². The normalized spacial score (nSPS) is 27.8. The Morgan fingerprint density at radius 3 is 1.91 bits per heavy atom. The number of likely N-dealkylation sites (N-methyl/N-ethyl adjacent to an activating group) is 1. The van der Waals surface area contributed by atoms with Crippen LogP contribution < -0.4 is 4.90 Å². The predicted molar refractivity (Wildman–Crippen MR) is 130 cm³/mol. The molecule has 2 heterocycles. The Bertz CT molecular complexity index is 1320. The number of aliphatic hydroxyl groups is 2. The molecule has 1 aromatic heterocycles. The third-order valence-electron chi connectivity index (χ3n) is 7.69. The lowest BCUT2D eigenvalue weighted by Gasteiger charge is -2.47. The van der Waals surface area contributed by atoms with Crippen LogP contribution in [0.25, 0.3) is 21.8 Å². The topological polar surface area (TPSA) is 48.6 Å². The van der Waals surface area contributed by atoms with Crippen LogP contribution in [0.1, 0.15) is 25.5 Å². The molecule has 4 heteroatoms. The number of hydrogen-bond acceptors (Lipinski definition) is 3. The van der Waals surface area contributed by atoms with Crippen molar-refractivity contribution in [2.45, 2.75) is 37.5 Å². The van der Waals surface area contributed by atoms with E-state index in [1.54, 1.807) is 0 Å². The van der Waals surface area contributed by atoms with Crippen molar-refractivity contribution in [1.82, 2.24) is 4.57 Å². The monoisotopic (exact) mass is 424 g/mol. The van der Waals surface area contributed by atoms with E-state index >= 15 is 0 Å². The summed E-state index contributed by atoms with van der Waals surface area (Å²) in [6.07, 6.45) is 0.772. The lowest BCUT2D eigenvalue weighted by Crippen LogP contribution is -2.55. The molecule has 2 atom stereocenters. The average molecular weight is 425 g/mol. The first kappa shape index (κ1) is 19.6. The Morgan fingerprint density at radius 1 is 0.781 bits per heavy atom. The van der Waals surface area contributed by atoms with E-state index in [9.17, 15) is 10.2 Å². The molecule has 4 aromatic rings. The molecular formula is C28H28N2O2. The number of hydrogen-bond donors (Lipinski definition) is 2. The zero-order valence-electron chi connectivity index (χ0n) is 18.6. The van der Waals surface area contributed by atoms with E-state index in [1.165, 1.54) is 11.3 Å². The maximum atomic E-state index is 11.3. The van der Waals surface area contributed by atoms with Crippen molar-refractivity contribution >= 4 is 27.5 Å². The molecule has 2 unspecified atom stereocenters. The highest BCUT2D eigenvalue weighted by Crippen LogP contribution is 2.50. The molecule has 2 aliphatic rings. The molecule has 32 heavy (non-hydrogen) atoms. The SMILES string of the molecule is CN1C(=CC2C(O)C(n3c4ccccc4c4ccccc43)C2O)C(C)(C)c2ccccc21. The zero-order valence-corrected chi connectivity index (χ0v) is 18.6. The van der Waals surface area contributed by atoms with Crippen molar-refractivity contribution in [2.75, 3.05) is 11.9 Å². The summed E-state index contributed by atoms with van der Waals surface area (Å²) < 4.78 is 2.13. The van der Waals surface area contributed by atoms with Crippen molar-refractivity contribution in [1.29, 1.82) is 0 Å². The summed E-state index contributed by atoms with van der Waals surface area (Å²) in [6.45, 7) is 4.42. The highest BCUT2D eigenvalue weighted by Gasteiger charge is 2.51. The summed E-state index contributed by atoms with van der Waals surface area (Å²) in [5.41, 5.74) is 5.51. The fourth-order valence-corrected chi connectivity index (χ4v) is 5.97. The second-order valence-electron chi connectivity index (χ2n) is 9.71. The average Bonchev–Trinajstić information content (AvgIpc) is 3.22. The van der Waals surface area contributed by atoms with Crippen LogP contribution in [0.5, 0.6) is 0 Å². The van der Waals surface area contributed by atoms with Gasteiger partial charge in [-0.3, -0.25) is 0 Å². The minimum atomic E-state index is -0.662. The second-order valence-corrected chi connectivity index (χ2v) is 9.71. The molecule has 0 spiro atoms.